The Labute approximate surface area is 147 Å². The zero-order chi connectivity index (χ0) is 17.8. The van der Waals surface area contributed by atoms with E-state index in [9.17, 15) is 4.79 Å². The van der Waals surface area contributed by atoms with Crippen molar-refractivity contribution >= 4 is 5.91 Å². The molecule has 1 N–H and O–H groups in total. The lowest BCUT2D eigenvalue weighted by atomic mass is 10.0. The lowest BCUT2D eigenvalue weighted by molar-refractivity contribution is 0.0914. The van der Waals surface area contributed by atoms with Gasteiger partial charge in [-0.3, -0.25) is 4.79 Å². The Hall–Kier alpha value is -2.95. The highest BCUT2D eigenvalue weighted by molar-refractivity contribution is 5.94. The molecule has 3 aromatic rings. The number of hydrogen-bond donors (Lipinski definition) is 1. The third-order valence-corrected chi connectivity index (χ3v) is 3.97. The highest BCUT2D eigenvalue weighted by Gasteiger charge is 2.25. The fourth-order valence-corrected chi connectivity index (χ4v) is 2.59. The van der Waals surface area contributed by atoms with Crippen molar-refractivity contribution in [1.82, 2.24) is 15.5 Å². The fraction of sp³-hybridized carbons (Fsp3) is 0.250. The van der Waals surface area contributed by atoms with Crippen molar-refractivity contribution in [2.75, 3.05) is 0 Å². The van der Waals surface area contributed by atoms with Crippen molar-refractivity contribution in [3.05, 3.63) is 71.6 Å². The standard InChI is InChI=1S/C20H21N3O2/c1-13(2)17(21-19(24)16-11-7-8-14(3)12-16)20-22-18(23-25-20)15-9-5-4-6-10-15/h4-13,17H,1-3H3,(H,21,24)/t17-/m0/s1. The van der Waals surface area contributed by atoms with Gasteiger partial charge >= 0.3 is 0 Å². The molecule has 5 nitrogen and oxygen atoms in total. The molecule has 0 aliphatic rings. The van der Waals surface area contributed by atoms with Crippen LogP contribution in [0.4, 0.5) is 0 Å². The summed E-state index contributed by atoms with van der Waals surface area (Å²) in [6.45, 7) is 5.97. The molecule has 128 valence electrons. The number of carbonyl (C=O) groups excluding carboxylic acids is 1. The van der Waals surface area contributed by atoms with E-state index in [1.54, 1.807) is 6.07 Å². The van der Waals surface area contributed by atoms with E-state index in [-0.39, 0.29) is 17.9 Å². The highest BCUT2D eigenvalue weighted by atomic mass is 16.5. The van der Waals surface area contributed by atoms with Crippen LogP contribution in [0.1, 0.15) is 41.7 Å². The summed E-state index contributed by atoms with van der Waals surface area (Å²) < 4.78 is 5.43. The Morgan fingerprint density at radius 3 is 2.52 bits per heavy atom. The van der Waals surface area contributed by atoms with Crippen LogP contribution in [-0.4, -0.2) is 16.0 Å². The maximum absolute atomic E-state index is 12.6. The van der Waals surface area contributed by atoms with Gasteiger partial charge in [-0.1, -0.05) is 67.0 Å². The van der Waals surface area contributed by atoms with Crippen LogP contribution in [0.3, 0.4) is 0 Å². The molecule has 25 heavy (non-hydrogen) atoms. The maximum Gasteiger partial charge on any atom is 0.251 e. The third kappa shape index (κ3) is 3.94. The van der Waals surface area contributed by atoms with Crippen LogP contribution in [0.2, 0.25) is 0 Å². The average Bonchev–Trinajstić information content (AvgIpc) is 3.09. The molecule has 1 amide bonds. The van der Waals surface area contributed by atoms with Gasteiger partial charge in [0.15, 0.2) is 0 Å². The second-order valence-electron chi connectivity index (χ2n) is 6.39. The number of aryl methyl sites for hydroxylation is 1. The molecule has 3 rings (SSSR count). The molecule has 2 aromatic carbocycles. The van der Waals surface area contributed by atoms with Gasteiger partial charge in [0, 0.05) is 11.1 Å². The Kier molecular flexibility index (Phi) is 4.93. The number of nitrogens with zero attached hydrogens (tertiary/aromatic N) is 2. The number of hydrogen-bond acceptors (Lipinski definition) is 4. The molecular weight excluding hydrogens is 314 g/mol. The molecule has 0 spiro atoms. The second kappa shape index (κ2) is 7.30. The van der Waals surface area contributed by atoms with Crippen molar-refractivity contribution in [2.45, 2.75) is 26.8 Å². The van der Waals surface area contributed by atoms with Crippen molar-refractivity contribution in [1.29, 1.82) is 0 Å². The van der Waals surface area contributed by atoms with Gasteiger partial charge in [-0.05, 0) is 25.0 Å². The molecule has 0 fully saturated rings. The van der Waals surface area contributed by atoms with Gasteiger partial charge < -0.3 is 9.84 Å². The second-order valence-corrected chi connectivity index (χ2v) is 6.39. The smallest absolute Gasteiger partial charge is 0.251 e. The van der Waals surface area contributed by atoms with E-state index in [0.29, 0.717) is 17.3 Å². The van der Waals surface area contributed by atoms with E-state index < -0.39 is 0 Å². The number of rotatable bonds is 5. The molecule has 0 unspecified atom stereocenters. The lowest BCUT2D eigenvalue weighted by Gasteiger charge is -2.18. The van der Waals surface area contributed by atoms with Gasteiger partial charge in [0.05, 0.1) is 0 Å². The van der Waals surface area contributed by atoms with E-state index >= 15 is 0 Å². The van der Waals surface area contributed by atoms with Gasteiger partial charge in [-0.2, -0.15) is 4.98 Å². The van der Waals surface area contributed by atoms with Crippen LogP contribution < -0.4 is 5.32 Å². The summed E-state index contributed by atoms with van der Waals surface area (Å²) in [7, 11) is 0. The van der Waals surface area contributed by atoms with E-state index in [1.165, 1.54) is 0 Å². The highest BCUT2D eigenvalue weighted by Crippen LogP contribution is 2.24. The average molecular weight is 335 g/mol. The van der Waals surface area contributed by atoms with E-state index in [0.717, 1.165) is 11.1 Å². The molecule has 0 saturated carbocycles. The fourth-order valence-electron chi connectivity index (χ4n) is 2.59. The monoisotopic (exact) mass is 335 g/mol. The number of amides is 1. The molecule has 0 radical (unpaired) electrons. The molecule has 1 heterocycles. The van der Waals surface area contributed by atoms with E-state index in [1.807, 2.05) is 69.3 Å². The third-order valence-electron chi connectivity index (χ3n) is 3.97. The van der Waals surface area contributed by atoms with E-state index in [4.69, 9.17) is 4.52 Å². The van der Waals surface area contributed by atoms with Crippen LogP contribution >= 0.6 is 0 Å². The quantitative estimate of drug-likeness (QED) is 0.760. The minimum Gasteiger partial charge on any atom is -0.340 e. The summed E-state index contributed by atoms with van der Waals surface area (Å²) in [4.78, 5) is 17.0. The first kappa shape index (κ1) is 16.9. The summed E-state index contributed by atoms with van der Waals surface area (Å²) in [5.41, 5.74) is 2.54. The van der Waals surface area contributed by atoms with E-state index in [2.05, 4.69) is 15.5 Å². The predicted octanol–water partition coefficient (Wildman–Crippen LogP) is 4.17. The first-order valence-electron chi connectivity index (χ1n) is 8.31. The van der Waals surface area contributed by atoms with Gasteiger partial charge in [0.25, 0.3) is 5.91 Å². The summed E-state index contributed by atoms with van der Waals surface area (Å²) in [5.74, 6) is 0.889. The molecule has 0 aliphatic carbocycles. The van der Waals surface area contributed by atoms with Gasteiger partial charge in [0.2, 0.25) is 11.7 Å². The van der Waals surface area contributed by atoms with Crippen LogP contribution in [0.5, 0.6) is 0 Å². The molecule has 0 aliphatic heterocycles. The van der Waals surface area contributed by atoms with Crippen molar-refractivity contribution < 1.29 is 9.32 Å². The topological polar surface area (TPSA) is 68.0 Å². The Balaban J connectivity index is 1.82. The van der Waals surface area contributed by atoms with Crippen molar-refractivity contribution in [3.8, 4) is 11.4 Å². The van der Waals surface area contributed by atoms with Gasteiger partial charge in [0.1, 0.15) is 6.04 Å². The molecular formula is C20H21N3O2. The van der Waals surface area contributed by atoms with Crippen LogP contribution in [0, 0.1) is 12.8 Å². The zero-order valence-corrected chi connectivity index (χ0v) is 14.6. The number of nitrogens with one attached hydrogen (secondary N) is 1. The SMILES string of the molecule is Cc1cccc(C(=O)N[C@H](c2nc(-c3ccccc3)no2)C(C)C)c1. The number of carbonyl (C=O) groups is 1. The minimum absolute atomic E-state index is 0.109. The molecule has 0 saturated heterocycles. The number of aromatic nitrogens is 2. The Bertz CT molecular complexity index is 856. The molecule has 5 heteroatoms. The largest absolute Gasteiger partial charge is 0.340 e. The maximum atomic E-state index is 12.6. The van der Waals surface area contributed by atoms with Crippen molar-refractivity contribution in [3.63, 3.8) is 0 Å². The summed E-state index contributed by atoms with van der Waals surface area (Å²) in [5, 5.41) is 7.05. The Morgan fingerprint density at radius 1 is 1.08 bits per heavy atom. The first-order chi connectivity index (χ1) is 12.0. The molecule has 0 bridgehead atoms. The summed E-state index contributed by atoms with van der Waals surface area (Å²) in [6, 6.07) is 16.8. The molecule has 1 atom stereocenters. The normalized spacial score (nSPS) is 12.2. The van der Waals surface area contributed by atoms with Gasteiger partial charge in [-0.25, -0.2) is 0 Å². The minimum atomic E-state index is -0.349. The zero-order valence-electron chi connectivity index (χ0n) is 14.6. The van der Waals surface area contributed by atoms with Crippen molar-refractivity contribution in [2.24, 2.45) is 5.92 Å². The summed E-state index contributed by atoms with van der Waals surface area (Å²) >= 11 is 0. The Morgan fingerprint density at radius 2 is 1.84 bits per heavy atom. The lowest BCUT2D eigenvalue weighted by Crippen LogP contribution is -2.32. The first-order valence-corrected chi connectivity index (χ1v) is 8.31. The summed E-state index contributed by atoms with van der Waals surface area (Å²) in [6.07, 6.45) is 0. The van der Waals surface area contributed by atoms with Crippen LogP contribution in [0.25, 0.3) is 11.4 Å². The number of benzene rings is 2. The molecule has 1 aromatic heterocycles. The van der Waals surface area contributed by atoms with Crippen LogP contribution in [0.15, 0.2) is 59.1 Å². The van der Waals surface area contributed by atoms with Gasteiger partial charge in [-0.15, -0.1) is 0 Å². The predicted molar refractivity (Wildman–Crippen MR) is 96.0 cm³/mol. The van der Waals surface area contributed by atoms with Crippen LogP contribution in [-0.2, 0) is 0 Å².